The fourth-order valence-electron chi connectivity index (χ4n) is 2.39. The summed E-state index contributed by atoms with van der Waals surface area (Å²) in [5.74, 6) is -0.739. The highest BCUT2D eigenvalue weighted by atomic mass is 35.5. The van der Waals surface area contributed by atoms with Gasteiger partial charge in [-0.15, -0.1) is 11.3 Å². The van der Waals surface area contributed by atoms with Crippen molar-refractivity contribution in [3.8, 4) is 17.0 Å². The Hall–Kier alpha value is -2.69. The van der Waals surface area contributed by atoms with Crippen LogP contribution in [-0.2, 0) is 14.8 Å². The SMILES string of the molecule is CN(c1ccc(-c2csc(NC(=O)COc3ccc(F)cc3Cl)n2)cc1)S(C)(=O)=O. The van der Waals surface area contributed by atoms with Crippen LogP contribution in [0.2, 0.25) is 5.02 Å². The van der Waals surface area contributed by atoms with Crippen LogP contribution in [0.3, 0.4) is 0 Å². The van der Waals surface area contributed by atoms with Gasteiger partial charge in [0.25, 0.3) is 5.91 Å². The third-order valence-corrected chi connectivity index (χ3v) is 6.29. The lowest BCUT2D eigenvalue weighted by molar-refractivity contribution is -0.118. The lowest BCUT2D eigenvalue weighted by Gasteiger charge is -2.16. The van der Waals surface area contributed by atoms with E-state index in [0.29, 0.717) is 16.5 Å². The molecule has 0 unspecified atom stereocenters. The summed E-state index contributed by atoms with van der Waals surface area (Å²) < 4.78 is 42.7. The molecule has 3 aromatic rings. The van der Waals surface area contributed by atoms with Crippen LogP contribution in [0.15, 0.2) is 47.8 Å². The van der Waals surface area contributed by atoms with Gasteiger partial charge in [-0.3, -0.25) is 14.4 Å². The maximum absolute atomic E-state index is 13.0. The minimum absolute atomic E-state index is 0.0734. The van der Waals surface area contributed by atoms with Crippen LogP contribution in [0, 0.1) is 5.82 Å². The molecule has 0 saturated heterocycles. The molecule has 2 aromatic carbocycles. The van der Waals surface area contributed by atoms with Gasteiger partial charge < -0.3 is 4.74 Å². The molecule has 0 fully saturated rings. The summed E-state index contributed by atoms with van der Waals surface area (Å²) in [5, 5.41) is 4.84. The predicted octanol–water partition coefficient (Wildman–Crippen LogP) is 4.02. The Morgan fingerprint density at radius 1 is 1.27 bits per heavy atom. The van der Waals surface area contributed by atoms with Crippen LogP contribution in [-0.4, -0.2) is 39.2 Å². The number of halogens is 2. The van der Waals surface area contributed by atoms with Crippen molar-refractivity contribution in [3.05, 3.63) is 58.7 Å². The van der Waals surface area contributed by atoms with Gasteiger partial charge in [0.1, 0.15) is 11.6 Å². The van der Waals surface area contributed by atoms with Crippen molar-refractivity contribution in [2.24, 2.45) is 0 Å². The second-order valence-corrected chi connectivity index (χ2v) is 9.51. The summed E-state index contributed by atoms with van der Waals surface area (Å²) in [4.78, 5) is 16.4. The van der Waals surface area contributed by atoms with Crippen LogP contribution in [0.4, 0.5) is 15.2 Å². The van der Waals surface area contributed by atoms with Crippen molar-refractivity contribution >= 4 is 49.7 Å². The first-order valence-corrected chi connectivity index (χ1v) is 11.6. The molecule has 0 aliphatic rings. The van der Waals surface area contributed by atoms with Gasteiger partial charge in [0.05, 0.1) is 22.7 Å². The summed E-state index contributed by atoms with van der Waals surface area (Å²) in [5.41, 5.74) is 1.93. The number of ether oxygens (including phenoxy) is 1. The standard InChI is InChI=1S/C19H17ClFN3O4S2/c1-24(30(2,26)27)14-6-3-12(4-7-14)16-11-29-19(22-16)23-18(25)10-28-17-8-5-13(21)9-15(17)20/h3-9,11H,10H2,1-2H3,(H,22,23,25). The quantitative estimate of drug-likeness (QED) is 0.564. The topological polar surface area (TPSA) is 88.6 Å². The maximum atomic E-state index is 13.0. The van der Waals surface area contributed by atoms with Gasteiger partial charge in [-0.1, -0.05) is 23.7 Å². The van der Waals surface area contributed by atoms with Crippen molar-refractivity contribution in [3.63, 3.8) is 0 Å². The first-order valence-electron chi connectivity index (χ1n) is 8.51. The van der Waals surface area contributed by atoms with Gasteiger partial charge in [0.15, 0.2) is 11.7 Å². The Morgan fingerprint density at radius 3 is 2.60 bits per heavy atom. The molecule has 0 saturated carbocycles. The van der Waals surface area contributed by atoms with Crippen molar-refractivity contribution < 1.29 is 22.3 Å². The molecule has 0 spiro atoms. The number of carbonyl (C=O) groups excluding carboxylic acids is 1. The van der Waals surface area contributed by atoms with E-state index in [2.05, 4.69) is 10.3 Å². The van der Waals surface area contributed by atoms with E-state index in [1.165, 1.54) is 34.8 Å². The Kier molecular flexibility index (Phi) is 6.59. The van der Waals surface area contributed by atoms with Crippen molar-refractivity contribution in [1.82, 2.24) is 4.98 Å². The third kappa shape index (κ3) is 5.47. The molecule has 1 aromatic heterocycles. The van der Waals surface area contributed by atoms with Crippen LogP contribution < -0.4 is 14.4 Å². The smallest absolute Gasteiger partial charge is 0.264 e. The number of amides is 1. The number of carbonyl (C=O) groups is 1. The Balaban J connectivity index is 1.61. The summed E-state index contributed by atoms with van der Waals surface area (Å²) in [6.45, 7) is -0.313. The van der Waals surface area contributed by atoms with Gasteiger partial charge in [0.2, 0.25) is 10.0 Å². The number of aromatic nitrogens is 1. The molecule has 3 rings (SSSR count). The highest BCUT2D eigenvalue weighted by Gasteiger charge is 2.13. The zero-order valence-corrected chi connectivity index (χ0v) is 18.3. The molecule has 1 heterocycles. The molecule has 30 heavy (non-hydrogen) atoms. The highest BCUT2D eigenvalue weighted by Crippen LogP contribution is 2.28. The van der Waals surface area contributed by atoms with Gasteiger partial charge in [-0.05, 0) is 30.3 Å². The van der Waals surface area contributed by atoms with E-state index in [9.17, 15) is 17.6 Å². The molecule has 1 N–H and O–H groups in total. The Bertz CT molecular complexity index is 1170. The van der Waals surface area contributed by atoms with E-state index in [1.54, 1.807) is 29.6 Å². The molecule has 0 aliphatic carbocycles. The monoisotopic (exact) mass is 469 g/mol. The Morgan fingerprint density at radius 2 is 1.97 bits per heavy atom. The summed E-state index contributed by atoms with van der Waals surface area (Å²) >= 11 is 7.09. The molecule has 7 nitrogen and oxygen atoms in total. The fourth-order valence-corrected chi connectivity index (χ4v) is 3.85. The Labute approximate surface area is 182 Å². The summed E-state index contributed by atoms with van der Waals surface area (Å²) in [6.07, 6.45) is 1.13. The van der Waals surface area contributed by atoms with Crippen LogP contribution in [0.1, 0.15) is 0 Å². The van der Waals surface area contributed by atoms with E-state index < -0.39 is 21.7 Å². The zero-order chi connectivity index (χ0) is 21.9. The number of sulfonamides is 1. The number of rotatable bonds is 7. The molecule has 0 aliphatic heterocycles. The fraction of sp³-hybridized carbons (Fsp3) is 0.158. The van der Waals surface area contributed by atoms with Crippen LogP contribution >= 0.6 is 22.9 Å². The van der Waals surface area contributed by atoms with E-state index >= 15 is 0 Å². The van der Waals surface area contributed by atoms with Gasteiger partial charge in [-0.25, -0.2) is 17.8 Å². The second kappa shape index (κ2) is 8.99. The lowest BCUT2D eigenvalue weighted by Crippen LogP contribution is -2.24. The predicted molar refractivity (Wildman–Crippen MR) is 116 cm³/mol. The molecular weight excluding hydrogens is 453 g/mol. The number of hydrogen-bond acceptors (Lipinski definition) is 6. The normalized spacial score (nSPS) is 11.2. The van der Waals surface area contributed by atoms with Crippen molar-refractivity contribution in [2.45, 2.75) is 0 Å². The maximum Gasteiger partial charge on any atom is 0.264 e. The highest BCUT2D eigenvalue weighted by molar-refractivity contribution is 7.92. The largest absolute Gasteiger partial charge is 0.482 e. The first-order chi connectivity index (χ1) is 14.1. The molecule has 11 heteroatoms. The van der Waals surface area contributed by atoms with E-state index in [4.69, 9.17) is 16.3 Å². The number of benzene rings is 2. The van der Waals surface area contributed by atoms with E-state index in [-0.39, 0.29) is 17.4 Å². The zero-order valence-electron chi connectivity index (χ0n) is 15.9. The molecule has 0 radical (unpaired) electrons. The number of nitrogens with zero attached hydrogens (tertiary/aromatic N) is 2. The number of thiazole rings is 1. The first kappa shape index (κ1) is 22.0. The number of anilines is 2. The minimum Gasteiger partial charge on any atom is -0.482 e. The van der Waals surface area contributed by atoms with Crippen molar-refractivity contribution in [2.75, 3.05) is 29.5 Å². The van der Waals surface area contributed by atoms with Crippen molar-refractivity contribution in [1.29, 1.82) is 0 Å². The molecule has 0 bridgehead atoms. The van der Waals surface area contributed by atoms with E-state index in [1.807, 2.05) is 0 Å². The van der Waals surface area contributed by atoms with Crippen LogP contribution in [0.25, 0.3) is 11.3 Å². The summed E-state index contributed by atoms with van der Waals surface area (Å²) in [6, 6.07) is 10.5. The average Bonchev–Trinajstić information content (AvgIpc) is 3.14. The van der Waals surface area contributed by atoms with Crippen LogP contribution in [0.5, 0.6) is 5.75 Å². The van der Waals surface area contributed by atoms with Gasteiger partial charge in [0, 0.05) is 18.0 Å². The molecule has 158 valence electrons. The number of nitrogens with one attached hydrogen (secondary N) is 1. The number of hydrogen-bond donors (Lipinski definition) is 1. The average molecular weight is 470 g/mol. The second-order valence-electron chi connectivity index (χ2n) is 6.23. The molecule has 1 amide bonds. The lowest BCUT2D eigenvalue weighted by atomic mass is 10.1. The summed E-state index contributed by atoms with van der Waals surface area (Å²) in [7, 11) is -1.87. The van der Waals surface area contributed by atoms with E-state index in [0.717, 1.165) is 17.9 Å². The minimum atomic E-state index is -3.34. The van der Waals surface area contributed by atoms with Gasteiger partial charge >= 0.3 is 0 Å². The molecular formula is C19H17ClFN3O4S2. The third-order valence-electron chi connectivity index (χ3n) is 4.03. The van der Waals surface area contributed by atoms with Gasteiger partial charge in [-0.2, -0.15) is 0 Å². The molecule has 0 atom stereocenters.